The molecule has 0 aliphatic carbocycles. The van der Waals surface area contributed by atoms with Crippen molar-refractivity contribution < 1.29 is 198 Å². The molecule has 22 aliphatic rings. The Hall–Kier alpha value is -2.95. The molecule has 44 heteroatoms. The summed E-state index contributed by atoms with van der Waals surface area (Å²) in [5, 5.41) is 262. The van der Waals surface area contributed by atoms with Crippen LogP contribution in [0.3, 0.4) is 0 Å². The van der Waals surface area contributed by atoms with Gasteiger partial charge in [0, 0.05) is 0 Å². The van der Waals surface area contributed by atoms with Gasteiger partial charge in [-0.05, 0) is 0 Å². The molecular formula is C50H82N4O40. The summed E-state index contributed by atoms with van der Waals surface area (Å²) in [4.78, 5) is 14.4. The zero-order valence-corrected chi connectivity index (χ0v) is 48.9. The van der Waals surface area contributed by atoms with E-state index in [2.05, 4.69) is 10.1 Å². The van der Waals surface area contributed by atoms with Crippen LogP contribution in [-0.2, 0) is 71.1 Å². The largest absolute Gasteiger partial charge is 0.394 e. The van der Waals surface area contributed by atoms with E-state index in [1.54, 1.807) is 0 Å². The lowest BCUT2D eigenvalue weighted by atomic mass is 9.95. The van der Waals surface area contributed by atoms with Crippen molar-refractivity contribution in [3.8, 4) is 0 Å². The Kier molecular flexibility index (Phi) is 25.7. The lowest BCUT2D eigenvalue weighted by molar-refractivity contribution is -0.396. The van der Waals surface area contributed by atoms with E-state index in [0.29, 0.717) is 0 Å². The lowest BCUT2D eigenvalue weighted by Gasteiger charge is -2.50. The molecule has 22 aliphatic heterocycles. The van der Waals surface area contributed by atoms with Crippen LogP contribution in [0.25, 0.3) is 0 Å². The Morgan fingerprint density at radius 3 is 0.660 bits per heavy atom. The van der Waals surface area contributed by atoms with E-state index in [-0.39, 0.29) is 5.82 Å². The number of nitrogens with zero attached hydrogens (tertiary/aromatic N) is 3. The van der Waals surface area contributed by atoms with Crippen molar-refractivity contribution >= 4 is 5.91 Å². The Labute approximate surface area is 528 Å². The molecule has 44 nitrogen and oxygen atoms in total. The number of aliphatic hydroxyl groups is 24. The molecule has 23 rings (SSSR count). The molecule has 23 heterocycles. The molecule has 39 atom stereocenters. The smallest absolute Gasteiger partial charge is 0.288 e. The molecule has 26 N–H and O–H groups in total. The van der Waals surface area contributed by atoms with E-state index in [1.807, 2.05) is 0 Å². The van der Waals surface area contributed by atoms with Gasteiger partial charge < -0.3 is 199 Å². The summed E-state index contributed by atoms with van der Waals surface area (Å²) in [5.74, 6) is -1.03. The van der Waals surface area contributed by atoms with Gasteiger partial charge in [0.1, 0.15) is 196 Å². The second kappa shape index (κ2) is 32.1. The van der Waals surface area contributed by atoms with Crippen LogP contribution in [-0.4, -0.2) is 429 Å². The predicted molar refractivity (Wildman–Crippen MR) is 280 cm³/mol. The summed E-state index contributed by atoms with van der Waals surface area (Å²) in [6.07, 6.45) is -73.5. The van der Waals surface area contributed by atoms with Crippen molar-refractivity contribution in [2.45, 2.75) is 239 Å². The van der Waals surface area contributed by atoms with Gasteiger partial charge in [-0.25, -0.2) is 9.67 Å². The van der Waals surface area contributed by atoms with Gasteiger partial charge in [0.15, 0.2) is 50.3 Å². The van der Waals surface area contributed by atoms with Crippen molar-refractivity contribution in [3.05, 3.63) is 12.2 Å². The number of aliphatic hydroxyl groups excluding tert-OH is 24. The highest BCUT2D eigenvalue weighted by Gasteiger charge is 2.60. The summed E-state index contributed by atoms with van der Waals surface area (Å²) in [6, 6.07) is 0. The number of amides is 1. The number of aromatic nitrogens is 3. The first-order chi connectivity index (χ1) is 44.7. The van der Waals surface area contributed by atoms with Gasteiger partial charge >= 0.3 is 0 Å². The standard InChI is InChI=1S/C42H70O35.C8H12N4O5/c43-1-8-29-15(50)22(57)36(64-8)72-30-9(2-44)66-38(24(59)17(30)52)74-32-11(4-46)68-40(26(61)19(32)54)76-34-13(6-48)70-42(28(63)21(34)56)77-35-14(7-49)69-41(27(62)20(35)55)75-33-12(5-47)67-39(25(60)18(33)53)73-31-10(3-45)65-37(71-29)23(58)16(31)51;9-6(16)7-10-2-12(11-7)8-5(15)4(14)3(1-13)17-8/h8-63H,1-7H2;2-5,8,13-15H,1H2,(H2,9,16)/t8-,9-,10-,11-,12-,13-,14-,15-,16-,17-,18-,19-,20-,21-,22-,23-,24-,25-,26-,27-,28-,29-,30-,31-,32-,33-,34-,35-,36-,37-,38-,39-,40-,41-,42-;3-,4-,5-,8-/m11/s1. The van der Waals surface area contributed by atoms with E-state index in [0.717, 1.165) is 11.0 Å². The van der Waals surface area contributed by atoms with Crippen molar-refractivity contribution in [2.75, 3.05) is 52.9 Å². The highest BCUT2D eigenvalue weighted by molar-refractivity contribution is 5.88. The summed E-state index contributed by atoms with van der Waals surface area (Å²) < 4.78 is 85.7. The molecule has 0 unspecified atom stereocenters. The molecule has 542 valence electrons. The molecule has 14 bridgehead atoms. The van der Waals surface area contributed by atoms with Crippen LogP contribution in [0, 0.1) is 0 Å². The zero-order valence-electron chi connectivity index (χ0n) is 48.9. The number of hydrogen-bond acceptors (Lipinski definition) is 42. The molecule has 0 saturated carbocycles. The average Bonchev–Trinajstić information content (AvgIpc) is 1.08. The second-order valence-corrected chi connectivity index (χ2v) is 23.3. The number of hydrogen-bond donors (Lipinski definition) is 25. The third-order valence-electron chi connectivity index (χ3n) is 17.3. The van der Waals surface area contributed by atoms with Crippen LogP contribution in [0.5, 0.6) is 0 Å². The molecule has 22 saturated heterocycles. The first-order valence-electron chi connectivity index (χ1n) is 29.5. The minimum atomic E-state index is -2.21. The second-order valence-electron chi connectivity index (χ2n) is 23.3. The minimum Gasteiger partial charge on any atom is -0.394 e. The fourth-order valence-corrected chi connectivity index (χ4v) is 12.0. The van der Waals surface area contributed by atoms with Crippen molar-refractivity contribution in [1.29, 1.82) is 0 Å². The average molecular weight is 1380 g/mol. The van der Waals surface area contributed by atoms with E-state index in [1.165, 1.54) is 0 Å². The molecule has 94 heavy (non-hydrogen) atoms. The third kappa shape index (κ3) is 15.1. The molecule has 1 amide bonds. The SMILES string of the molecule is NC(=O)c1ncn([C@@H]2O[C@H](CO)[C@@H](O)[C@H]2O)n1.OC[C@H]1O[C@@H]2O[C@H]3[C@H](O)[C@@H](O)[C@@H](O[C@H]4[C@H](O)[C@@H](O)[C@@H](O[C@H]5[C@H](O)[C@@H](O)[C@@H](O[C@H]6[C@H](O)[C@@H](O)[C@@H](O[C@H]7[C@H](O)[C@@H](O)[C@@H](O[C@H]8[C@H](O)[C@@H](O)[C@@H](O[C@H]1[C@H](O)[C@H]2O)O[C@@H]8CO)O[C@@H]7CO)O[C@@H]6CO)O[C@@H]5CO)O[C@@H]4CO)O[C@@H]3CO. The Balaban J connectivity index is 0.000000528. The maximum Gasteiger partial charge on any atom is 0.288 e. The topological polar surface area (TPSA) is 698 Å². The predicted octanol–water partition coefficient (Wildman–Crippen LogP) is -18.2. The Morgan fingerprint density at radius 2 is 0.500 bits per heavy atom. The van der Waals surface area contributed by atoms with Crippen LogP contribution in [0.15, 0.2) is 6.33 Å². The number of primary amides is 1. The van der Waals surface area contributed by atoms with Gasteiger partial charge in [0.25, 0.3) is 5.91 Å². The van der Waals surface area contributed by atoms with Gasteiger partial charge in [-0.2, -0.15) is 0 Å². The fourth-order valence-electron chi connectivity index (χ4n) is 12.0. The quantitative estimate of drug-likeness (QED) is 0.103. The van der Waals surface area contributed by atoms with Crippen molar-refractivity contribution in [1.82, 2.24) is 14.8 Å². The van der Waals surface area contributed by atoms with Gasteiger partial charge in [0.05, 0.1) is 52.9 Å². The van der Waals surface area contributed by atoms with Crippen LogP contribution in [0.2, 0.25) is 0 Å². The summed E-state index contributed by atoms with van der Waals surface area (Å²) in [5.41, 5.74) is 4.97. The number of carbonyl (C=O) groups is 1. The minimum absolute atomic E-state index is 0.220. The van der Waals surface area contributed by atoms with Crippen molar-refractivity contribution in [3.63, 3.8) is 0 Å². The number of rotatable bonds is 10. The molecule has 1 aromatic rings. The van der Waals surface area contributed by atoms with Gasteiger partial charge in [-0.1, -0.05) is 0 Å². The summed E-state index contributed by atoms with van der Waals surface area (Å²) in [6.45, 7) is -7.77. The van der Waals surface area contributed by atoms with Gasteiger partial charge in [-0.3, -0.25) is 4.79 Å². The zero-order chi connectivity index (χ0) is 68.6. The molecule has 0 radical (unpaired) electrons. The maximum atomic E-state index is 11.3. The molecule has 0 aromatic carbocycles. The van der Waals surface area contributed by atoms with Crippen LogP contribution in [0.1, 0.15) is 16.8 Å². The van der Waals surface area contributed by atoms with Gasteiger partial charge in [-0.15, -0.1) is 5.10 Å². The van der Waals surface area contributed by atoms with E-state index in [9.17, 15) is 122 Å². The Morgan fingerprint density at radius 1 is 0.298 bits per heavy atom. The maximum absolute atomic E-state index is 11.3. The van der Waals surface area contributed by atoms with Crippen LogP contribution >= 0.6 is 0 Å². The number of nitrogens with two attached hydrogens (primary N) is 1. The first kappa shape index (κ1) is 75.3. The fraction of sp³-hybridized carbons (Fsp3) is 0.940. The first-order valence-corrected chi connectivity index (χ1v) is 29.5. The van der Waals surface area contributed by atoms with E-state index < -0.39 is 298 Å². The van der Waals surface area contributed by atoms with E-state index >= 15 is 0 Å². The third-order valence-corrected chi connectivity index (χ3v) is 17.3. The molecule has 22 fully saturated rings. The Bertz CT molecular complexity index is 2160. The molecule has 1 aromatic heterocycles. The lowest BCUT2D eigenvalue weighted by Crippen LogP contribution is -2.68. The highest BCUT2D eigenvalue weighted by Crippen LogP contribution is 2.39. The summed E-state index contributed by atoms with van der Waals surface area (Å²) >= 11 is 0. The van der Waals surface area contributed by atoms with E-state index in [4.69, 9.17) is 81.9 Å². The monoisotopic (exact) mass is 1380 g/mol. The normalized spacial score (nSPS) is 51.3. The number of carbonyl (C=O) groups excluding carboxylic acids is 1. The van der Waals surface area contributed by atoms with Gasteiger partial charge in [0.2, 0.25) is 5.82 Å². The van der Waals surface area contributed by atoms with Crippen molar-refractivity contribution in [2.24, 2.45) is 5.73 Å². The van der Waals surface area contributed by atoms with Crippen LogP contribution in [0.4, 0.5) is 0 Å². The summed E-state index contributed by atoms with van der Waals surface area (Å²) in [7, 11) is 0. The number of ether oxygens (including phenoxy) is 15. The highest BCUT2D eigenvalue weighted by atomic mass is 16.8. The van der Waals surface area contributed by atoms with Crippen LogP contribution < -0.4 is 5.73 Å². The molecule has 0 spiro atoms. The molecular weight excluding hydrogens is 1300 g/mol.